The molecular formula is C17H27N6O2+. The molecule has 0 aromatic heterocycles. The van der Waals surface area contributed by atoms with Gasteiger partial charge in [0.1, 0.15) is 6.54 Å². The van der Waals surface area contributed by atoms with Gasteiger partial charge in [-0.05, 0) is 33.1 Å². The predicted molar refractivity (Wildman–Crippen MR) is 95.8 cm³/mol. The van der Waals surface area contributed by atoms with Crippen LogP contribution in [0, 0.1) is 5.92 Å². The zero-order chi connectivity index (χ0) is 18.5. The van der Waals surface area contributed by atoms with Crippen LogP contribution in [0.15, 0.2) is 10.1 Å². The molecule has 3 heterocycles. The number of hydrogen-bond donors (Lipinski definition) is 0. The average Bonchev–Trinajstić information content (AvgIpc) is 2.90. The number of carbonyl (C=O) groups is 2. The van der Waals surface area contributed by atoms with Crippen LogP contribution in [0.2, 0.25) is 0 Å². The van der Waals surface area contributed by atoms with Gasteiger partial charge in [-0.15, -0.1) is 10.1 Å². The molecular weight excluding hydrogens is 320 g/mol. The van der Waals surface area contributed by atoms with E-state index >= 15 is 0 Å². The van der Waals surface area contributed by atoms with E-state index in [1.54, 1.807) is 7.05 Å². The highest BCUT2D eigenvalue weighted by molar-refractivity contribution is 6.23. The van der Waals surface area contributed by atoms with Gasteiger partial charge >= 0.3 is 12.0 Å². The van der Waals surface area contributed by atoms with Crippen LogP contribution in [0.4, 0.5) is 4.79 Å². The molecule has 1 saturated heterocycles. The van der Waals surface area contributed by atoms with Gasteiger partial charge in [-0.25, -0.2) is 9.37 Å². The summed E-state index contributed by atoms with van der Waals surface area (Å²) in [6, 6.07) is -0.725. The molecule has 1 fully saturated rings. The fourth-order valence-corrected chi connectivity index (χ4v) is 3.30. The standard InChI is InChI=1S/C17H27N6O2/c1-10(2)7-8-21-15(24)13-14(20(6)17(21)25)18-16-22(13)9-12(5)19-23(16)11(3)4/h10-11,13H,7-9H2,1-6H3/q+1. The second-order valence-electron chi connectivity index (χ2n) is 7.59. The van der Waals surface area contributed by atoms with Crippen molar-refractivity contribution in [2.24, 2.45) is 16.0 Å². The Morgan fingerprint density at radius 2 is 1.92 bits per heavy atom. The number of rotatable bonds is 4. The molecule has 3 amide bonds. The molecule has 3 aliphatic heterocycles. The Balaban J connectivity index is 1.97. The molecule has 1 atom stereocenters. The highest BCUT2D eigenvalue weighted by atomic mass is 16.2. The largest absolute Gasteiger partial charge is 0.416 e. The van der Waals surface area contributed by atoms with Crippen LogP contribution in [0.5, 0.6) is 0 Å². The molecule has 3 aliphatic rings. The van der Waals surface area contributed by atoms with Crippen molar-refractivity contribution in [2.45, 2.75) is 53.1 Å². The van der Waals surface area contributed by atoms with Crippen molar-refractivity contribution in [2.75, 3.05) is 20.1 Å². The maximum Gasteiger partial charge on any atom is 0.416 e. The second kappa shape index (κ2) is 6.24. The monoisotopic (exact) mass is 347 g/mol. The lowest BCUT2D eigenvalue weighted by Gasteiger charge is -2.34. The zero-order valence-corrected chi connectivity index (χ0v) is 15.9. The van der Waals surface area contributed by atoms with Crippen LogP contribution < -0.4 is 0 Å². The Labute approximate surface area is 148 Å². The molecule has 0 aliphatic carbocycles. The maximum atomic E-state index is 13.1. The molecule has 0 aromatic carbocycles. The molecule has 0 N–H and O–H groups in total. The Morgan fingerprint density at radius 1 is 1.24 bits per heavy atom. The van der Waals surface area contributed by atoms with Crippen molar-refractivity contribution >= 4 is 29.4 Å². The van der Waals surface area contributed by atoms with Gasteiger partial charge in [0.25, 0.3) is 5.91 Å². The van der Waals surface area contributed by atoms with Crippen LogP contribution in [-0.4, -0.2) is 81.1 Å². The second-order valence-corrected chi connectivity index (χ2v) is 7.59. The van der Waals surface area contributed by atoms with Crippen molar-refractivity contribution in [3.8, 4) is 0 Å². The normalized spacial score (nSPS) is 23.5. The smallest absolute Gasteiger partial charge is 0.270 e. The summed E-state index contributed by atoms with van der Waals surface area (Å²) in [6.07, 6.45) is 0.791. The first-order valence-corrected chi connectivity index (χ1v) is 8.87. The topological polar surface area (TPSA) is 71.6 Å². The molecule has 8 nitrogen and oxygen atoms in total. The Hall–Kier alpha value is -2.25. The van der Waals surface area contributed by atoms with Crippen LogP contribution in [-0.2, 0) is 4.79 Å². The third kappa shape index (κ3) is 2.83. The first-order valence-electron chi connectivity index (χ1n) is 8.87. The number of hydrogen-bond acceptors (Lipinski definition) is 5. The summed E-state index contributed by atoms with van der Waals surface area (Å²) < 4.78 is 1.96. The van der Waals surface area contributed by atoms with Crippen molar-refractivity contribution in [3.63, 3.8) is 0 Å². The number of likely N-dealkylation sites (N-methyl/N-ethyl adjacent to an activating group) is 1. The van der Waals surface area contributed by atoms with Crippen LogP contribution in [0.1, 0.15) is 41.0 Å². The summed E-state index contributed by atoms with van der Waals surface area (Å²) in [5, 5.41) is 6.39. The Bertz CT molecular complexity index is 706. The minimum absolute atomic E-state index is 0.116. The van der Waals surface area contributed by atoms with Gasteiger partial charge in [-0.2, -0.15) is 0 Å². The number of guanidine groups is 1. The number of carbonyl (C=O) groups excluding carboxylic acids is 2. The molecule has 25 heavy (non-hydrogen) atoms. The molecule has 3 rings (SSSR count). The molecule has 1 unspecified atom stereocenters. The first-order chi connectivity index (χ1) is 11.7. The summed E-state index contributed by atoms with van der Waals surface area (Å²) in [7, 11) is 1.69. The summed E-state index contributed by atoms with van der Waals surface area (Å²) in [6.45, 7) is 11.2. The van der Waals surface area contributed by atoms with Gasteiger partial charge in [0.2, 0.25) is 11.9 Å². The minimum Gasteiger partial charge on any atom is -0.270 e. The maximum absolute atomic E-state index is 13.1. The van der Waals surface area contributed by atoms with E-state index < -0.39 is 6.04 Å². The fraction of sp³-hybridized carbons (Fsp3) is 0.706. The number of amides is 3. The van der Waals surface area contributed by atoms with E-state index in [4.69, 9.17) is 0 Å². The lowest BCUT2D eigenvalue weighted by Crippen LogP contribution is -2.63. The van der Waals surface area contributed by atoms with Gasteiger partial charge in [-0.1, -0.05) is 18.8 Å². The summed E-state index contributed by atoms with van der Waals surface area (Å²) in [5.41, 5.74) is 0.926. The molecule has 0 saturated carbocycles. The molecule has 8 heteroatoms. The summed E-state index contributed by atoms with van der Waals surface area (Å²) in [4.78, 5) is 33.2. The van der Waals surface area contributed by atoms with Crippen molar-refractivity contribution in [3.05, 3.63) is 0 Å². The Morgan fingerprint density at radius 3 is 2.52 bits per heavy atom. The van der Waals surface area contributed by atoms with E-state index in [1.165, 1.54) is 9.80 Å². The fourth-order valence-electron chi connectivity index (χ4n) is 3.30. The van der Waals surface area contributed by atoms with E-state index in [-0.39, 0.29) is 18.0 Å². The molecule has 0 aromatic rings. The number of amidine groups is 1. The highest BCUT2D eigenvalue weighted by Crippen LogP contribution is 2.24. The number of urea groups is 1. The van der Waals surface area contributed by atoms with Crippen LogP contribution in [0.25, 0.3) is 0 Å². The highest BCUT2D eigenvalue weighted by Gasteiger charge is 2.54. The van der Waals surface area contributed by atoms with E-state index in [0.29, 0.717) is 30.8 Å². The van der Waals surface area contributed by atoms with Gasteiger partial charge < -0.3 is 0 Å². The average molecular weight is 347 g/mol. The van der Waals surface area contributed by atoms with E-state index in [2.05, 4.69) is 23.9 Å². The molecule has 0 radical (unpaired) electrons. The van der Waals surface area contributed by atoms with Crippen LogP contribution >= 0.6 is 0 Å². The number of fused-ring (bicyclic) bond motifs is 2. The van der Waals surface area contributed by atoms with Gasteiger partial charge in [0, 0.05) is 13.6 Å². The minimum atomic E-state index is -0.545. The van der Waals surface area contributed by atoms with E-state index in [1.807, 2.05) is 30.4 Å². The molecule has 136 valence electrons. The van der Waals surface area contributed by atoms with Crippen molar-refractivity contribution < 1.29 is 14.2 Å². The summed E-state index contributed by atoms with van der Waals surface area (Å²) in [5.74, 6) is 1.39. The zero-order valence-electron chi connectivity index (χ0n) is 15.9. The van der Waals surface area contributed by atoms with Crippen molar-refractivity contribution in [1.82, 2.24) is 14.8 Å². The van der Waals surface area contributed by atoms with Crippen LogP contribution in [0.3, 0.4) is 0 Å². The number of hydrazone groups is 1. The third-order valence-corrected chi connectivity index (χ3v) is 4.69. The molecule has 0 bridgehead atoms. The number of nitrogens with zero attached hydrogens (tertiary/aromatic N) is 6. The first kappa shape index (κ1) is 17.6. The lowest BCUT2D eigenvalue weighted by molar-refractivity contribution is -0.528. The van der Waals surface area contributed by atoms with Gasteiger partial charge in [0.15, 0.2) is 0 Å². The number of aliphatic imine (C=N–C) groups is 1. The summed E-state index contributed by atoms with van der Waals surface area (Å²) >= 11 is 0. The third-order valence-electron chi connectivity index (χ3n) is 4.69. The Kier molecular flexibility index (Phi) is 4.38. The van der Waals surface area contributed by atoms with Crippen molar-refractivity contribution in [1.29, 1.82) is 0 Å². The number of imide groups is 1. The van der Waals surface area contributed by atoms with Gasteiger partial charge in [0.05, 0.1) is 11.8 Å². The predicted octanol–water partition coefficient (Wildman–Crippen LogP) is 1.18. The SMILES string of the molecule is CC1=NN(C(C)C)C2=[N+](C1)C1C(=O)N(CCC(C)C)C(=O)N(C)C1=N2. The van der Waals surface area contributed by atoms with E-state index in [0.717, 1.165) is 12.1 Å². The quantitative estimate of drug-likeness (QED) is 0.717. The molecule has 0 spiro atoms. The lowest BCUT2D eigenvalue weighted by atomic mass is 10.1. The van der Waals surface area contributed by atoms with E-state index in [9.17, 15) is 9.59 Å². The van der Waals surface area contributed by atoms with Gasteiger partial charge in [-0.3, -0.25) is 14.6 Å².